The Morgan fingerprint density at radius 3 is 2.95 bits per heavy atom. The summed E-state index contributed by atoms with van der Waals surface area (Å²) in [4.78, 5) is 0. The van der Waals surface area contributed by atoms with Gasteiger partial charge in [-0.3, -0.25) is 0 Å². The summed E-state index contributed by atoms with van der Waals surface area (Å²) in [6.07, 6.45) is -0.135. The average Bonchev–Trinajstić information content (AvgIpc) is 2.46. The van der Waals surface area contributed by atoms with Gasteiger partial charge in [0.2, 0.25) is 0 Å². The van der Waals surface area contributed by atoms with Crippen LogP contribution in [0.4, 0.5) is 10.1 Å². The summed E-state index contributed by atoms with van der Waals surface area (Å²) < 4.78 is 19.8. The van der Waals surface area contributed by atoms with Crippen molar-refractivity contribution in [3.8, 4) is 16.9 Å². The van der Waals surface area contributed by atoms with Crippen LogP contribution in [0, 0.1) is 12.7 Å². The highest BCUT2D eigenvalue weighted by Crippen LogP contribution is 2.43. The van der Waals surface area contributed by atoms with Crippen molar-refractivity contribution in [3.63, 3.8) is 0 Å². The third kappa shape index (κ3) is 2.57. The van der Waals surface area contributed by atoms with Gasteiger partial charge in [0.25, 0.3) is 0 Å². The van der Waals surface area contributed by atoms with E-state index in [4.69, 9.17) is 22.1 Å². The van der Waals surface area contributed by atoms with E-state index in [1.807, 2.05) is 19.1 Å². The van der Waals surface area contributed by atoms with Crippen LogP contribution < -0.4 is 15.8 Å². The van der Waals surface area contributed by atoms with Crippen molar-refractivity contribution in [2.24, 2.45) is 5.73 Å². The summed E-state index contributed by atoms with van der Waals surface area (Å²) >= 11 is 6.31. The van der Waals surface area contributed by atoms with Crippen molar-refractivity contribution >= 4 is 17.3 Å². The van der Waals surface area contributed by atoms with Gasteiger partial charge in [-0.25, -0.2) is 4.39 Å². The number of hydrogen-bond donors (Lipinski definition) is 2. The highest BCUT2D eigenvalue weighted by Gasteiger charge is 2.24. The molecule has 1 heterocycles. The number of rotatable bonds is 2. The first-order valence-corrected chi connectivity index (χ1v) is 7.17. The Balaban J connectivity index is 2.21. The number of anilines is 1. The normalized spacial score (nSPS) is 16.9. The Morgan fingerprint density at radius 1 is 1.43 bits per heavy atom. The van der Waals surface area contributed by atoms with Gasteiger partial charge in [0.1, 0.15) is 11.9 Å². The van der Waals surface area contributed by atoms with Gasteiger partial charge in [0, 0.05) is 28.8 Å². The van der Waals surface area contributed by atoms with Gasteiger partial charge >= 0.3 is 0 Å². The van der Waals surface area contributed by atoms with Gasteiger partial charge in [0.05, 0.1) is 12.2 Å². The molecule has 0 spiro atoms. The molecule has 0 fully saturated rings. The van der Waals surface area contributed by atoms with Crippen LogP contribution in [0.25, 0.3) is 11.1 Å². The van der Waals surface area contributed by atoms with E-state index >= 15 is 0 Å². The number of nitrogens with two attached hydrogens (primary N) is 1. The Morgan fingerprint density at radius 2 is 2.24 bits per heavy atom. The second-order valence-electron chi connectivity index (χ2n) is 5.12. The molecular weight excluding hydrogens is 291 g/mol. The van der Waals surface area contributed by atoms with Crippen molar-refractivity contribution < 1.29 is 9.13 Å². The second-order valence-corrected chi connectivity index (χ2v) is 5.53. The maximum Gasteiger partial charge on any atom is 0.151 e. The van der Waals surface area contributed by atoms with Crippen LogP contribution in [0.1, 0.15) is 5.56 Å². The first kappa shape index (κ1) is 14.2. The van der Waals surface area contributed by atoms with E-state index < -0.39 is 0 Å². The van der Waals surface area contributed by atoms with Crippen LogP contribution in [0.3, 0.4) is 0 Å². The van der Waals surface area contributed by atoms with E-state index in [1.54, 1.807) is 6.07 Å². The van der Waals surface area contributed by atoms with Gasteiger partial charge < -0.3 is 15.8 Å². The van der Waals surface area contributed by atoms with Crippen molar-refractivity contribution in [2.45, 2.75) is 13.0 Å². The molecule has 2 aromatic carbocycles. The van der Waals surface area contributed by atoms with Crippen molar-refractivity contribution in [1.29, 1.82) is 0 Å². The highest BCUT2D eigenvalue weighted by molar-refractivity contribution is 6.33. The molecule has 0 saturated carbocycles. The summed E-state index contributed by atoms with van der Waals surface area (Å²) in [7, 11) is 0. The quantitative estimate of drug-likeness (QED) is 0.891. The average molecular weight is 307 g/mol. The molecule has 1 atom stereocenters. The Kier molecular flexibility index (Phi) is 3.74. The predicted octanol–water partition coefficient (Wildman–Crippen LogP) is 3.59. The zero-order chi connectivity index (χ0) is 15.0. The molecule has 0 aromatic heterocycles. The fourth-order valence-electron chi connectivity index (χ4n) is 2.57. The van der Waals surface area contributed by atoms with Gasteiger partial charge in [-0.2, -0.15) is 0 Å². The highest BCUT2D eigenvalue weighted by atomic mass is 35.5. The molecule has 1 aliphatic rings. The minimum absolute atomic E-state index is 0.135. The van der Waals surface area contributed by atoms with E-state index in [9.17, 15) is 4.39 Å². The van der Waals surface area contributed by atoms with Crippen LogP contribution in [-0.4, -0.2) is 19.2 Å². The van der Waals surface area contributed by atoms with E-state index in [-0.39, 0.29) is 11.9 Å². The molecule has 3 N–H and O–H groups in total. The van der Waals surface area contributed by atoms with Crippen molar-refractivity contribution in [1.82, 2.24) is 0 Å². The minimum atomic E-state index is -0.328. The monoisotopic (exact) mass is 306 g/mol. The molecule has 3 nitrogen and oxygen atoms in total. The van der Waals surface area contributed by atoms with Gasteiger partial charge in [-0.15, -0.1) is 0 Å². The summed E-state index contributed by atoms with van der Waals surface area (Å²) in [6.45, 7) is 2.90. The van der Waals surface area contributed by atoms with Crippen LogP contribution in [-0.2, 0) is 0 Å². The minimum Gasteiger partial charge on any atom is -0.484 e. The van der Waals surface area contributed by atoms with Crippen LogP contribution in [0.5, 0.6) is 5.75 Å². The molecule has 0 bridgehead atoms. The van der Waals surface area contributed by atoms with Gasteiger partial charge in [-0.1, -0.05) is 23.7 Å². The first-order valence-electron chi connectivity index (χ1n) is 6.79. The largest absolute Gasteiger partial charge is 0.484 e. The molecule has 1 unspecified atom stereocenters. The fourth-order valence-corrected chi connectivity index (χ4v) is 2.90. The lowest BCUT2D eigenvalue weighted by Gasteiger charge is -2.29. The van der Waals surface area contributed by atoms with E-state index in [2.05, 4.69) is 5.32 Å². The Labute approximate surface area is 127 Å². The Hall–Kier alpha value is -1.78. The molecule has 110 valence electrons. The summed E-state index contributed by atoms with van der Waals surface area (Å²) in [5.74, 6) is 0.277. The molecule has 21 heavy (non-hydrogen) atoms. The lowest BCUT2D eigenvalue weighted by atomic mass is 9.98. The third-order valence-electron chi connectivity index (χ3n) is 3.61. The maximum absolute atomic E-state index is 13.9. The SMILES string of the molecule is Cc1cccc(Cl)c1-c1cc(F)cc2c1OC(CN)CN2. The lowest BCUT2D eigenvalue weighted by molar-refractivity contribution is 0.215. The second kappa shape index (κ2) is 5.54. The molecule has 3 rings (SSSR count). The summed E-state index contributed by atoms with van der Waals surface area (Å²) in [6, 6.07) is 8.48. The smallest absolute Gasteiger partial charge is 0.151 e. The zero-order valence-electron chi connectivity index (χ0n) is 11.6. The van der Waals surface area contributed by atoms with E-state index in [1.165, 1.54) is 12.1 Å². The molecule has 0 saturated heterocycles. The lowest BCUT2D eigenvalue weighted by Crippen LogP contribution is -2.37. The standard InChI is InChI=1S/C16H16ClFN2O/c1-9-3-2-4-13(17)15(9)12-5-10(18)6-14-16(12)21-11(7-19)8-20-14/h2-6,11,20H,7-8,19H2,1H3. The van der Waals surface area contributed by atoms with Crippen LogP contribution >= 0.6 is 11.6 Å². The topological polar surface area (TPSA) is 47.3 Å². The molecule has 1 aliphatic heterocycles. The summed E-state index contributed by atoms with van der Waals surface area (Å²) in [5.41, 5.74) is 8.71. The molecular formula is C16H16ClFN2O. The number of halogens is 2. The predicted molar refractivity (Wildman–Crippen MR) is 83.5 cm³/mol. The molecule has 0 radical (unpaired) electrons. The van der Waals surface area contributed by atoms with Crippen molar-refractivity contribution in [3.05, 3.63) is 46.7 Å². The number of hydrogen-bond acceptors (Lipinski definition) is 3. The number of fused-ring (bicyclic) bond motifs is 1. The molecule has 0 amide bonds. The Bertz CT molecular complexity index is 670. The van der Waals surface area contributed by atoms with Crippen LogP contribution in [0.2, 0.25) is 5.02 Å². The summed E-state index contributed by atoms with van der Waals surface area (Å²) in [5, 5.41) is 3.74. The molecule has 0 aliphatic carbocycles. The number of nitrogens with one attached hydrogen (secondary N) is 1. The van der Waals surface area contributed by atoms with Crippen molar-refractivity contribution in [2.75, 3.05) is 18.4 Å². The zero-order valence-corrected chi connectivity index (χ0v) is 12.4. The maximum atomic E-state index is 13.9. The number of benzene rings is 2. The van der Waals surface area contributed by atoms with Crippen LogP contribution in [0.15, 0.2) is 30.3 Å². The molecule has 5 heteroatoms. The van der Waals surface area contributed by atoms with Gasteiger partial charge in [0.15, 0.2) is 5.75 Å². The fraction of sp³-hybridized carbons (Fsp3) is 0.250. The first-order chi connectivity index (χ1) is 10.1. The third-order valence-corrected chi connectivity index (χ3v) is 3.93. The van der Waals surface area contributed by atoms with E-state index in [0.717, 1.165) is 11.1 Å². The molecule has 2 aromatic rings. The van der Waals surface area contributed by atoms with E-state index in [0.29, 0.717) is 35.1 Å². The van der Waals surface area contributed by atoms with Gasteiger partial charge in [-0.05, 0) is 24.6 Å². The number of aryl methyl sites for hydroxylation is 1. The number of ether oxygens (including phenoxy) is 1.